The van der Waals surface area contributed by atoms with E-state index in [9.17, 15) is 18.0 Å². The van der Waals surface area contributed by atoms with E-state index in [1.54, 1.807) is 39.2 Å². The molecule has 2 fully saturated rings. The molecule has 180 valence electrons. The van der Waals surface area contributed by atoms with Crippen LogP contribution in [0.3, 0.4) is 0 Å². The number of piperazine rings is 1. The van der Waals surface area contributed by atoms with Crippen molar-refractivity contribution in [2.75, 3.05) is 45.9 Å². The van der Waals surface area contributed by atoms with Crippen LogP contribution in [0, 0.1) is 11.8 Å². The molecule has 2 aromatic rings. The van der Waals surface area contributed by atoms with E-state index in [0.29, 0.717) is 68.7 Å². The largest absolute Gasteiger partial charge is 0.451 e. The van der Waals surface area contributed by atoms with Crippen LogP contribution in [0.4, 0.5) is 4.79 Å². The first-order valence-corrected chi connectivity index (χ1v) is 12.9. The predicted octanol–water partition coefficient (Wildman–Crippen LogP) is 3.01. The highest BCUT2D eigenvalue weighted by atomic mass is 32.2. The third kappa shape index (κ3) is 4.86. The number of sulfonamides is 1. The number of nitrogens with zero attached hydrogens (tertiary/aromatic N) is 3. The van der Waals surface area contributed by atoms with Crippen LogP contribution in [0.2, 0.25) is 0 Å². The first-order valence-electron chi connectivity index (χ1n) is 11.4. The van der Waals surface area contributed by atoms with Crippen LogP contribution in [-0.4, -0.2) is 80.4 Å². The molecule has 3 heterocycles. The Labute approximate surface area is 194 Å². The summed E-state index contributed by atoms with van der Waals surface area (Å²) in [4.78, 5) is 28.2. The second kappa shape index (κ2) is 9.34. The topological polar surface area (TPSA) is 100 Å². The second-order valence-corrected chi connectivity index (χ2v) is 11.0. The summed E-state index contributed by atoms with van der Waals surface area (Å²) in [6.07, 6.45) is 0.645. The van der Waals surface area contributed by atoms with Gasteiger partial charge >= 0.3 is 6.09 Å². The van der Waals surface area contributed by atoms with E-state index in [0.717, 1.165) is 6.42 Å². The van der Waals surface area contributed by atoms with Crippen LogP contribution in [0.1, 0.15) is 37.7 Å². The summed E-state index contributed by atoms with van der Waals surface area (Å²) in [5, 5.41) is 0.572. The molecule has 33 heavy (non-hydrogen) atoms. The van der Waals surface area contributed by atoms with Gasteiger partial charge in [0.15, 0.2) is 5.76 Å². The molecule has 2 atom stereocenters. The number of benzene rings is 1. The van der Waals surface area contributed by atoms with Crippen molar-refractivity contribution in [3.63, 3.8) is 0 Å². The standard InChI is InChI=1S/C23H31N3O6S/c1-4-31-23(28)25-9-7-24(8-10-25)22(27)21-13-18-12-19(5-6-20(18)32-21)33(29,30)26-14-16(2)11-17(3)15-26/h5-6,12-13,16-17H,4,7-11,14-15H2,1-3H3. The van der Waals surface area contributed by atoms with Gasteiger partial charge in [0.25, 0.3) is 5.91 Å². The first-order chi connectivity index (χ1) is 15.7. The zero-order valence-electron chi connectivity index (χ0n) is 19.3. The number of furan rings is 1. The molecule has 4 rings (SSSR count). The maximum atomic E-state index is 13.2. The van der Waals surface area contributed by atoms with Crippen LogP contribution in [0.25, 0.3) is 11.0 Å². The van der Waals surface area contributed by atoms with Crippen molar-refractivity contribution in [2.45, 2.75) is 32.1 Å². The Morgan fingerprint density at radius 1 is 1.03 bits per heavy atom. The molecule has 0 aliphatic carbocycles. The third-order valence-corrected chi connectivity index (χ3v) is 8.09. The summed E-state index contributed by atoms with van der Waals surface area (Å²) in [6.45, 7) is 8.76. The fourth-order valence-electron chi connectivity index (χ4n) is 4.70. The number of rotatable bonds is 4. The zero-order chi connectivity index (χ0) is 23.8. The Balaban J connectivity index is 1.49. The van der Waals surface area contributed by atoms with Crippen LogP contribution in [-0.2, 0) is 14.8 Å². The van der Waals surface area contributed by atoms with E-state index < -0.39 is 10.0 Å². The van der Waals surface area contributed by atoms with Crippen LogP contribution in [0.5, 0.6) is 0 Å². The van der Waals surface area contributed by atoms with Gasteiger partial charge in [-0.05, 0) is 49.4 Å². The van der Waals surface area contributed by atoms with Crippen LogP contribution >= 0.6 is 0 Å². The summed E-state index contributed by atoms with van der Waals surface area (Å²) >= 11 is 0. The molecule has 1 aromatic heterocycles. The van der Waals surface area contributed by atoms with Gasteiger partial charge in [-0.1, -0.05) is 13.8 Å². The number of carbonyl (C=O) groups is 2. The molecule has 0 saturated carbocycles. The average Bonchev–Trinajstić information content (AvgIpc) is 3.21. The van der Waals surface area contributed by atoms with E-state index in [-0.39, 0.29) is 22.7 Å². The van der Waals surface area contributed by atoms with E-state index in [4.69, 9.17) is 9.15 Å². The fraction of sp³-hybridized carbons (Fsp3) is 0.565. The molecule has 9 nitrogen and oxygen atoms in total. The van der Waals surface area contributed by atoms with Crippen molar-refractivity contribution >= 4 is 33.0 Å². The van der Waals surface area contributed by atoms with Gasteiger partial charge in [0.05, 0.1) is 11.5 Å². The molecular weight excluding hydrogens is 446 g/mol. The molecule has 2 amide bonds. The van der Waals surface area contributed by atoms with Crippen LogP contribution in [0.15, 0.2) is 33.6 Å². The third-order valence-electron chi connectivity index (χ3n) is 6.26. The molecule has 2 aliphatic heterocycles. The minimum absolute atomic E-state index is 0.157. The number of amides is 2. The van der Waals surface area contributed by atoms with E-state index in [1.165, 1.54) is 6.07 Å². The summed E-state index contributed by atoms with van der Waals surface area (Å²) in [5.74, 6) is 0.506. The second-order valence-electron chi connectivity index (χ2n) is 9.06. The lowest BCUT2D eigenvalue weighted by Gasteiger charge is -2.34. The van der Waals surface area contributed by atoms with Gasteiger partial charge in [-0.25, -0.2) is 13.2 Å². The van der Waals surface area contributed by atoms with Gasteiger partial charge in [-0.2, -0.15) is 4.31 Å². The van der Waals surface area contributed by atoms with Crippen molar-refractivity contribution in [2.24, 2.45) is 11.8 Å². The minimum atomic E-state index is -3.62. The number of piperidine rings is 1. The van der Waals surface area contributed by atoms with Gasteiger partial charge in [0, 0.05) is 44.7 Å². The quantitative estimate of drug-likeness (QED) is 0.671. The summed E-state index contributed by atoms with van der Waals surface area (Å²) < 4.78 is 38.7. The molecule has 2 saturated heterocycles. The first kappa shape index (κ1) is 23.6. The summed E-state index contributed by atoms with van der Waals surface area (Å²) in [5.41, 5.74) is 0.461. The van der Waals surface area contributed by atoms with Crippen molar-refractivity contribution in [3.8, 4) is 0 Å². The van der Waals surface area contributed by atoms with Gasteiger partial charge in [-0.15, -0.1) is 0 Å². The molecule has 0 radical (unpaired) electrons. The predicted molar refractivity (Wildman–Crippen MR) is 122 cm³/mol. The normalized spacial score (nSPS) is 22.5. The maximum Gasteiger partial charge on any atom is 0.409 e. The lowest BCUT2D eigenvalue weighted by Crippen LogP contribution is -2.50. The summed E-state index contributed by atoms with van der Waals surface area (Å²) in [7, 11) is -3.62. The Hall–Kier alpha value is -2.59. The monoisotopic (exact) mass is 477 g/mol. The Morgan fingerprint density at radius 2 is 1.67 bits per heavy atom. The van der Waals surface area contributed by atoms with Crippen LogP contribution < -0.4 is 0 Å². The Kier molecular flexibility index (Phi) is 6.67. The highest BCUT2D eigenvalue weighted by Gasteiger charge is 2.32. The van der Waals surface area contributed by atoms with Crippen molar-refractivity contribution in [1.29, 1.82) is 0 Å². The molecule has 2 aliphatic rings. The maximum absolute atomic E-state index is 13.2. The van der Waals surface area contributed by atoms with Crippen molar-refractivity contribution < 1.29 is 27.2 Å². The van der Waals surface area contributed by atoms with E-state index in [1.807, 2.05) is 0 Å². The lowest BCUT2D eigenvalue weighted by molar-refractivity contribution is 0.0548. The molecule has 1 aromatic carbocycles. The van der Waals surface area contributed by atoms with E-state index in [2.05, 4.69) is 13.8 Å². The molecular formula is C23H31N3O6S. The zero-order valence-corrected chi connectivity index (χ0v) is 20.1. The highest BCUT2D eigenvalue weighted by molar-refractivity contribution is 7.89. The smallest absolute Gasteiger partial charge is 0.409 e. The van der Waals surface area contributed by atoms with Gasteiger partial charge in [-0.3, -0.25) is 4.79 Å². The molecule has 0 spiro atoms. The number of fused-ring (bicyclic) bond motifs is 1. The number of hydrogen-bond acceptors (Lipinski definition) is 6. The van der Waals surface area contributed by atoms with E-state index >= 15 is 0 Å². The Morgan fingerprint density at radius 3 is 2.30 bits per heavy atom. The lowest BCUT2D eigenvalue weighted by atomic mass is 9.94. The SMILES string of the molecule is CCOC(=O)N1CCN(C(=O)c2cc3cc(S(=O)(=O)N4CC(C)CC(C)C4)ccc3o2)CC1. The molecule has 10 heteroatoms. The Bertz CT molecular complexity index is 1130. The van der Waals surface area contributed by atoms with Crippen molar-refractivity contribution in [3.05, 3.63) is 30.0 Å². The molecule has 0 N–H and O–H groups in total. The highest BCUT2D eigenvalue weighted by Crippen LogP contribution is 2.29. The number of hydrogen-bond donors (Lipinski definition) is 0. The molecule has 0 bridgehead atoms. The summed E-state index contributed by atoms with van der Waals surface area (Å²) in [6, 6.07) is 6.31. The number of ether oxygens (including phenoxy) is 1. The van der Waals surface area contributed by atoms with Gasteiger partial charge < -0.3 is 19.0 Å². The van der Waals surface area contributed by atoms with Crippen molar-refractivity contribution in [1.82, 2.24) is 14.1 Å². The number of carbonyl (C=O) groups excluding carboxylic acids is 2. The van der Waals surface area contributed by atoms with Gasteiger partial charge in [0.1, 0.15) is 5.58 Å². The van der Waals surface area contributed by atoms with Gasteiger partial charge in [0.2, 0.25) is 10.0 Å². The average molecular weight is 478 g/mol. The minimum Gasteiger partial charge on any atom is -0.451 e. The molecule has 2 unspecified atom stereocenters. The fourth-order valence-corrected chi connectivity index (χ4v) is 6.42.